The van der Waals surface area contributed by atoms with Gasteiger partial charge >= 0.3 is 5.97 Å². The number of aromatic carboxylic acids is 1. The molecular weight excluding hydrogens is 196 g/mol. The Morgan fingerprint density at radius 1 is 1.47 bits per heavy atom. The molecule has 1 aromatic carbocycles. The lowest BCUT2D eigenvalue weighted by Gasteiger charge is -2.11. The number of nitrogens with zero attached hydrogens (tertiary/aromatic N) is 4. The van der Waals surface area contributed by atoms with Crippen LogP contribution in [0.5, 0.6) is 0 Å². The van der Waals surface area contributed by atoms with Gasteiger partial charge in [-0.25, -0.2) is 4.79 Å². The summed E-state index contributed by atoms with van der Waals surface area (Å²) in [5.74, 6) is -0.955. The van der Waals surface area contributed by atoms with Gasteiger partial charge in [-0.15, -0.1) is 5.10 Å². The normalized spacial score (nSPS) is 10.5. The number of carboxylic acid groups (broad SMARTS) is 1. The smallest absolute Gasteiger partial charge is 0.335 e. The first-order valence-electron chi connectivity index (χ1n) is 4.36. The molecule has 2 aromatic rings. The molecule has 6 nitrogen and oxygen atoms in total. The predicted molar refractivity (Wildman–Crippen MR) is 54.6 cm³/mol. The second-order valence-corrected chi connectivity index (χ2v) is 3.33. The van der Waals surface area contributed by atoms with Crippen LogP contribution < -0.4 is 5.01 Å². The zero-order valence-corrected chi connectivity index (χ0v) is 8.38. The number of fused-ring (bicyclic) bond motifs is 1. The highest BCUT2D eigenvalue weighted by Crippen LogP contribution is 2.13. The first-order valence-corrected chi connectivity index (χ1v) is 4.36. The summed E-state index contributed by atoms with van der Waals surface area (Å²) in [6.07, 6.45) is 0. The minimum atomic E-state index is -0.955. The third-order valence-corrected chi connectivity index (χ3v) is 2.05. The van der Waals surface area contributed by atoms with Crippen molar-refractivity contribution in [2.24, 2.45) is 0 Å². The summed E-state index contributed by atoms with van der Waals surface area (Å²) in [6, 6.07) is 4.71. The number of aromatic nitrogens is 3. The van der Waals surface area contributed by atoms with E-state index in [1.807, 2.05) is 14.1 Å². The van der Waals surface area contributed by atoms with E-state index in [4.69, 9.17) is 5.11 Å². The Morgan fingerprint density at radius 3 is 2.80 bits per heavy atom. The summed E-state index contributed by atoms with van der Waals surface area (Å²) in [6.45, 7) is 0. The fourth-order valence-corrected chi connectivity index (χ4v) is 1.34. The van der Waals surface area contributed by atoms with Gasteiger partial charge in [-0.1, -0.05) is 0 Å². The highest BCUT2D eigenvalue weighted by atomic mass is 16.4. The first-order chi connectivity index (χ1) is 7.09. The third-order valence-electron chi connectivity index (χ3n) is 2.05. The molecule has 1 aromatic heterocycles. The standard InChI is InChI=1S/C9H10N4O2/c1-12(2)13-8-5-6(9(14)15)3-4-7(8)10-11-13/h3-5H,1-2H3,(H,14,15). The number of carboxylic acids is 1. The number of benzene rings is 1. The van der Waals surface area contributed by atoms with Crippen LogP contribution >= 0.6 is 0 Å². The molecule has 2 rings (SSSR count). The monoisotopic (exact) mass is 206 g/mol. The summed E-state index contributed by atoms with van der Waals surface area (Å²) < 4.78 is 0. The van der Waals surface area contributed by atoms with E-state index in [-0.39, 0.29) is 5.56 Å². The minimum absolute atomic E-state index is 0.230. The lowest BCUT2D eigenvalue weighted by Crippen LogP contribution is -2.25. The molecule has 0 aliphatic rings. The van der Waals surface area contributed by atoms with Crippen LogP contribution in [0, 0.1) is 0 Å². The van der Waals surface area contributed by atoms with Crippen molar-refractivity contribution in [1.82, 2.24) is 15.1 Å². The molecule has 15 heavy (non-hydrogen) atoms. The molecule has 1 N–H and O–H groups in total. The molecule has 6 heteroatoms. The van der Waals surface area contributed by atoms with Crippen molar-refractivity contribution in [1.29, 1.82) is 0 Å². The Kier molecular flexibility index (Phi) is 2.03. The minimum Gasteiger partial charge on any atom is -0.478 e. The topological polar surface area (TPSA) is 71.2 Å². The summed E-state index contributed by atoms with van der Waals surface area (Å²) in [5.41, 5.74) is 1.58. The summed E-state index contributed by atoms with van der Waals surface area (Å²) in [4.78, 5) is 12.3. The van der Waals surface area contributed by atoms with Gasteiger partial charge in [0.05, 0.1) is 5.56 Å². The van der Waals surface area contributed by atoms with Crippen LogP contribution in [0.1, 0.15) is 10.4 Å². The van der Waals surface area contributed by atoms with Crippen molar-refractivity contribution in [2.75, 3.05) is 19.1 Å². The maximum atomic E-state index is 10.8. The van der Waals surface area contributed by atoms with Crippen molar-refractivity contribution in [3.63, 3.8) is 0 Å². The van der Waals surface area contributed by atoms with Gasteiger partial charge in [0, 0.05) is 14.1 Å². The molecule has 0 spiro atoms. The zero-order chi connectivity index (χ0) is 11.0. The third kappa shape index (κ3) is 1.50. The van der Waals surface area contributed by atoms with E-state index in [1.54, 1.807) is 21.9 Å². The van der Waals surface area contributed by atoms with Crippen LogP contribution in [-0.4, -0.2) is 40.3 Å². The van der Waals surface area contributed by atoms with Gasteiger partial charge in [0.1, 0.15) is 11.0 Å². The molecule has 0 atom stereocenters. The molecular formula is C9H10N4O2. The Bertz CT molecular complexity index is 518. The quantitative estimate of drug-likeness (QED) is 0.766. The maximum Gasteiger partial charge on any atom is 0.335 e. The molecule has 0 bridgehead atoms. The largest absolute Gasteiger partial charge is 0.478 e. The SMILES string of the molecule is CN(C)n1nnc2ccc(C(=O)O)cc21. The Morgan fingerprint density at radius 2 is 2.20 bits per heavy atom. The van der Waals surface area contributed by atoms with E-state index in [2.05, 4.69) is 10.3 Å². The van der Waals surface area contributed by atoms with Crippen molar-refractivity contribution in [3.8, 4) is 0 Å². The van der Waals surface area contributed by atoms with E-state index in [0.29, 0.717) is 11.0 Å². The predicted octanol–water partition coefficient (Wildman–Crippen LogP) is 0.327. The molecule has 0 radical (unpaired) electrons. The Balaban J connectivity index is 2.66. The van der Waals surface area contributed by atoms with Crippen LogP contribution in [0.15, 0.2) is 18.2 Å². The number of hydrogen-bond acceptors (Lipinski definition) is 4. The van der Waals surface area contributed by atoms with Gasteiger partial charge < -0.3 is 10.1 Å². The summed E-state index contributed by atoms with van der Waals surface area (Å²) >= 11 is 0. The fourth-order valence-electron chi connectivity index (χ4n) is 1.34. The summed E-state index contributed by atoms with van der Waals surface area (Å²) in [5, 5.41) is 18.4. The number of carbonyl (C=O) groups is 1. The molecule has 0 saturated carbocycles. The second-order valence-electron chi connectivity index (χ2n) is 3.33. The van der Waals surface area contributed by atoms with Crippen LogP contribution in [0.3, 0.4) is 0 Å². The summed E-state index contributed by atoms with van der Waals surface area (Å²) in [7, 11) is 3.61. The van der Waals surface area contributed by atoms with Crippen LogP contribution in [0.2, 0.25) is 0 Å². The van der Waals surface area contributed by atoms with Crippen molar-refractivity contribution in [2.45, 2.75) is 0 Å². The van der Waals surface area contributed by atoms with Gasteiger partial charge in [0.25, 0.3) is 0 Å². The maximum absolute atomic E-state index is 10.8. The van der Waals surface area contributed by atoms with Gasteiger partial charge in [-0.05, 0) is 23.4 Å². The molecule has 0 saturated heterocycles. The number of rotatable bonds is 2. The van der Waals surface area contributed by atoms with E-state index in [9.17, 15) is 4.79 Å². The second kappa shape index (κ2) is 3.23. The molecule has 0 amide bonds. The first kappa shape index (κ1) is 9.45. The van der Waals surface area contributed by atoms with Crippen molar-refractivity contribution >= 4 is 17.0 Å². The molecule has 1 heterocycles. The lowest BCUT2D eigenvalue weighted by molar-refractivity contribution is 0.0697. The van der Waals surface area contributed by atoms with Crippen molar-refractivity contribution < 1.29 is 9.90 Å². The van der Waals surface area contributed by atoms with E-state index in [0.717, 1.165) is 0 Å². The average molecular weight is 206 g/mol. The van der Waals surface area contributed by atoms with Crippen LogP contribution in [0.4, 0.5) is 0 Å². The molecule has 0 aliphatic carbocycles. The molecule has 0 fully saturated rings. The molecule has 78 valence electrons. The van der Waals surface area contributed by atoms with Gasteiger partial charge in [-0.2, -0.15) is 4.79 Å². The van der Waals surface area contributed by atoms with Gasteiger partial charge in [0.2, 0.25) is 0 Å². The zero-order valence-electron chi connectivity index (χ0n) is 8.38. The molecule has 0 aliphatic heterocycles. The molecule has 0 unspecified atom stereocenters. The Hall–Kier alpha value is -2.11. The average Bonchev–Trinajstić information content (AvgIpc) is 2.59. The Labute approximate surface area is 85.7 Å². The van der Waals surface area contributed by atoms with Crippen LogP contribution in [-0.2, 0) is 0 Å². The van der Waals surface area contributed by atoms with E-state index < -0.39 is 5.97 Å². The fraction of sp³-hybridized carbons (Fsp3) is 0.222. The lowest BCUT2D eigenvalue weighted by atomic mass is 10.2. The van der Waals surface area contributed by atoms with Gasteiger partial charge in [-0.3, -0.25) is 0 Å². The highest BCUT2D eigenvalue weighted by Gasteiger charge is 2.09. The van der Waals surface area contributed by atoms with Gasteiger partial charge in [0.15, 0.2) is 0 Å². The number of hydrogen-bond donors (Lipinski definition) is 1. The van der Waals surface area contributed by atoms with Crippen molar-refractivity contribution in [3.05, 3.63) is 23.8 Å². The van der Waals surface area contributed by atoms with E-state index >= 15 is 0 Å². The van der Waals surface area contributed by atoms with Crippen LogP contribution in [0.25, 0.3) is 11.0 Å². The van der Waals surface area contributed by atoms with E-state index in [1.165, 1.54) is 6.07 Å². The highest BCUT2D eigenvalue weighted by molar-refractivity contribution is 5.92.